The molecule has 3 heteroatoms. The summed E-state index contributed by atoms with van der Waals surface area (Å²) in [6.45, 7) is 2.56. The van der Waals surface area contributed by atoms with Crippen molar-refractivity contribution < 1.29 is 14.6 Å². The second kappa shape index (κ2) is 5.22. The van der Waals surface area contributed by atoms with E-state index in [4.69, 9.17) is 9.84 Å². The van der Waals surface area contributed by atoms with Crippen LogP contribution in [0.3, 0.4) is 0 Å². The molecular weight excluding hydrogens is 168 g/mol. The zero-order valence-electron chi connectivity index (χ0n) is 8.16. The second-order valence-electron chi connectivity index (χ2n) is 3.65. The molecule has 76 valence electrons. The maximum absolute atomic E-state index is 11.3. The number of rotatable bonds is 3. The monoisotopic (exact) mass is 186 g/mol. The van der Waals surface area contributed by atoms with Gasteiger partial charge >= 0.3 is 5.97 Å². The summed E-state index contributed by atoms with van der Waals surface area (Å²) in [6, 6.07) is 0. The summed E-state index contributed by atoms with van der Waals surface area (Å²) in [5, 5.41) is 8.90. The number of ether oxygens (including phenoxy) is 1. The minimum atomic E-state index is -0.0566. The number of aliphatic hydroxyl groups excluding tert-OH is 1. The Morgan fingerprint density at radius 1 is 1.38 bits per heavy atom. The summed E-state index contributed by atoms with van der Waals surface area (Å²) in [5.74, 6) is 0.437. The molecule has 1 rings (SSSR count). The molecule has 0 aromatic rings. The van der Waals surface area contributed by atoms with Crippen molar-refractivity contribution >= 4 is 5.97 Å². The first-order valence-corrected chi connectivity index (χ1v) is 5.05. The van der Waals surface area contributed by atoms with Gasteiger partial charge in [-0.05, 0) is 38.5 Å². The van der Waals surface area contributed by atoms with Crippen molar-refractivity contribution in [2.45, 2.75) is 32.6 Å². The molecule has 0 aromatic heterocycles. The van der Waals surface area contributed by atoms with Crippen molar-refractivity contribution in [2.75, 3.05) is 13.2 Å². The van der Waals surface area contributed by atoms with E-state index < -0.39 is 0 Å². The van der Waals surface area contributed by atoms with Gasteiger partial charge in [0.25, 0.3) is 0 Å². The maximum Gasteiger partial charge on any atom is 0.308 e. The van der Waals surface area contributed by atoms with Gasteiger partial charge in [0.15, 0.2) is 0 Å². The fourth-order valence-corrected chi connectivity index (χ4v) is 1.84. The summed E-state index contributed by atoms with van der Waals surface area (Å²) in [7, 11) is 0. The fourth-order valence-electron chi connectivity index (χ4n) is 1.84. The van der Waals surface area contributed by atoms with Gasteiger partial charge < -0.3 is 9.84 Å². The van der Waals surface area contributed by atoms with Crippen LogP contribution in [0.15, 0.2) is 0 Å². The van der Waals surface area contributed by atoms with E-state index >= 15 is 0 Å². The van der Waals surface area contributed by atoms with Crippen molar-refractivity contribution in [3.05, 3.63) is 0 Å². The molecule has 0 heterocycles. The lowest BCUT2D eigenvalue weighted by Gasteiger charge is -2.25. The molecule has 0 amide bonds. The number of carbonyl (C=O) groups is 1. The predicted octanol–water partition coefficient (Wildman–Crippen LogP) is 1.35. The minimum absolute atomic E-state index is 0.0566. The Kier molecular flexibility index (Phi) is 4.22. The van der Waals surface area contributed by atoms with Crippen molar-refractivity contribution in [3.63, 3.8) is 0 Å². The van der Waals surface area contributed by atoms with Crippen LogP contribution in [0.2, 0.25) is 0 Å². The Bertz CT molecular complexity index is 160. The first-order valence-electron chi connectivity index (χ1n) is 5.05. The maximum atomic E-state index is 11.3. The van der Waals surface area contributed by atoms with Crippen LogP contribution in [-0.2, 0) is 9.53 Å². The smallest absolute Gasteiger partial charge is 0.308 e. The van der Waals surface area contributed by atoms with E-state index in [1.807, 2.05) is 6.92 Å². The summed E-state index contributed by atoms with van der Waals surface area (Å²) in [5.41, 5.74) is 0. The van der Waals surface area contributed by atoms with Gasteiger partial charge in [-0.15, -0.1) is 0 Å². The summed E-state index contributed by atoms with van der Waals surface area (Å²) in [6.07, 6.45) is 3.67. The lowest BCUT2D eigenvalue weighted by molar-refractivity contribution is -0.149. The topological polar surface area (TPSA) is 46.5 Å². The van der Waals surface area contributed by atoms with Gasteiger partial charge in [-0.3, -0.25) is 4.79 Å². The minimum Gasteiger partial charge on any atom is -0.466 e. The van der Waals surface area contributed by atoms with Crippen LogP contribution in [-0.4, -0.2) is 24.3 Å². The molecule has 0 aromatic carbocycles. The highest BCUT2D eigenvalue weighted by Gasteiger charge is 2.26. The molecule has 1 saturated carbocycles. The molecular formula is C10H18O3. The van der Waals surface area contributed by atoms with E-state index in [9.17, 15) is 4.79 Å². The van der Waals surface area contributed by atoms with Crippen LogP contribution in [0.1, 0.15) is 32.6 Å². The van der Waals surface area contributed by atoms with Gasteiger partial charge in [0.1, 0.15) is 0 Å². The van der Waals surface area contributed by atoms with Crippen molar-refractivity contribution in [1.82, 2.24) is 0 Å². The van der Waals surface area contributed by atoms with E-state index in [1.165, 1.54) is 0 Å². The first-order chi connectivity index (χ1) is 6.27. The van der Waals surface area contributed by atoms with E-state index in [2.05, 4.69) is 0 Å². The lowest BCUT2D eigenvalue weighted by atomic mass is 9.82. The van der Waals surface area contributed by atoms with Crippen molar-refractivity contribution in [1.29, 1.82) is 0 Å². The number of carbonyl (C=O) groups excluding carboxylic acids is 1. The third kappa shape index (κ3) is 2.99. The van der Waals surface area contributed by atoms with Crippen LogP contribution < -0.4 is 0 Å². The van der Waals surface area contributed by atoms with E-state index in [-0.39, 0.29) is 18.5 Å². The van der Waals surface area contributed by atoms with Gasteiger partial charge in [0.05, 0.1) is 12.5 Å². The average molecular weight is 186 g/mol. The third-order valence-electron chi connectivity index (χ3n) is 2.72. The first kappa shape index (κ1) is 10.5. The zero-order chi connectivity index (χ0) is 9.68. The number of hydrogen-bond acceptors (Lipinski definition) is 3. The predicted molar refractivity (Wildman–Crippen MR) is 49.2 cm³/mol. The van der Waals surface area contributed by atoms with Crippen LogP contribution in [0.25, 0.3) is 0 Å². The van der Waals surface area contributed by atoms with Gasteiger partial charge in [-0.25, -0.2) is 0 Å². The average Bonchev–Trinajstić information content (AvgIpc) is 2.18. The summed E-state index contributed by atoms with van der Waals surface area (Å²) >= 11 is 0. The Morgan fingerprint density at radius 2 is 2.00 bits per heavy atom. The highest BCUT2D eigenvalue weighted by atomic mass is 16.5. The molecule has 3 nitrogen and oxygen atoms in total. The molecule has 1 N–H and O–H groups in total. The van der Waals surface area contributed by atoms with E-state index in [0.717, 1.165) is 25.7 Å². The highest BCUT2D eigenvalue weighted by Crippen LogP contribution is 2.29. The Labute approximate surface area is 79.1 Å². The van der Waals surface area contributed by atoms with Crippen LogP contribution in [0, 0.1) is 11.8 Å². The van der Waals surface area contributed by atoms with Crippen molar-refractivity contribution in [2.24, 2.45) is 11.8 Å². The van der Waals surface area contributed by atoms with E-state index in [1.54, 1.807) is 0 Å². The zero-order valence-corrected chi connectivity index (χ0v) is 8.16. The Balaban J connectivity index is 2.28. The SMILES string of the molecule is CCOC(=O)[C@H]1CC[C@H](CO)CC1. The lowest BCUT2D eigenvalue weighted by Crippen LogP contribution is -2.24. The van der Waals surface area contributed by atoms with Gasteiger partial charge in [0.2, 0.25) is 0 Å². The molecule has 0 unspecified atom stereocenters. The van der Waals surface area contributed by atoms with Gasteiger partial charge in [0, 0.05) is 6.61 Å². The fraction of sp³-hybridized carbons (Fsp3) is 0.900. The van der Waals surface area contributed by atoms with E-state index in [0.29, 0.717) is 12.5 Å². The molecule has 0 aliphatic heterocycles. The number of esters is 1. The molecule has 1 aliphatic carbocycles. The summed E-state index contributed by atoms with van der Waals surface area (Å²) < 4.78 is 4.95. The molecule has 0 atom stereocenters. The molecule has 0 radical (unpaired) electrons. The molecule has 0 spiro atoms. The Hall–Kier alpha value is -0.570. The van der Waals surface area contributed by atoms with Gasteiger partial charge in [-0.2, -0.15) is 0 Å². The van der Waals surface area contributed by atoms with Gasteiger partial charge in [-0.1, -0.05) is 0 Å². The quantitative estimate of drug-likeness (QED) is 0.677. The van der Waals surface area contributed by atoms with Crippen LogP contribution in [0.5, 0.6) is 0 Å². The van der Waals surface area contributed by atoms with Crippen LogP contribution >= 0.6 is 0 Å². The molecule has 1 fully saturated rings. The largest absolute Gasteiger partial charge is 0.466 e. The molecule has 1 aliphatic rings. The van der Waals surface area contributed by atoms with Crippen molar-refractivity contribution in [3.8, 4) is 0 Å². The third-order valence-corrected chi connectivity index (χ3v) is 2.72. The Morgan fingerprint density at radius 3 is 2.46 bits per heavy atom. The number of hydrogen-bond donors (Lipinski definition) is 1. The number of aliphatic hydroxyl groups is 1. The summed E-state index contributed by atoms with van der Waals surface area (Å²) in [4.78, 5) is 11.3. The molecule has 0 bridgehead atoms. The molecule has 0 saturated heterocycles. The van der Waals surface area contributed by atoms with Crippen LogP contribution in [0.4, 0.5) is 0 Å². The highest BCUT2D eigenvalue weighted by molar-refractivity contribution is 5.72. The second-order valence-corrected chi connectivity index (χ2v) is 3.65. The standard InChI is InChI=1S/C10H18O3/c1-2-13-10(12)9-5-3-8(7-11)4-6-9/h8-9,11H,2-7H2,1H3/t8-,9-. The normalized spacial score (nSPS) is 28.5. The molecule has 13 heavy (non-hydrogen) atoms.